The van der Waals surface area contributed by atoms with Gasteiger partial charge in [0.15, 0.2) is 0 Å². The first-order valence-corrected chi connectivity index (χ1v) is 7.17. The summed E-state index contributed by atoms with van der Waals surface area (Å²) in [6.07, 6.45) is 1.97. The first-order valence-electron chi connectivity index (χ1n) is 5.56. The predicted octanol–water partition coefficient (Wildman–Crippen LogP) is 1.67. The molecule has 0 aromatic carbocycles. The van der Waals surface area contributed by atoms with Gasteiger partial charge in [0.1, 0.15) is 0 Å². The summed E-state index contributed by atoms with van der Waals surface area (Å²) in [6, 6.07) is 0. The molecule has 0 spiro atoms. The first-order chi connectivity index (χ1) is 7.56. The lowest BCUT2D eigenvalue weighted by atomic mass is 10.2. The Labute approximate surface area is 99.2 Å². The van der Waals surface area contributed by atoms with E-state index in [2.05, 4.69) is 6.92 Å². The summed E-state index contributed by atoms with van der Waals surface area (Å²) in [6.45, 7) is 2.68. The monoisotopic (exact) mass is 249 g/mol. The third-order valence-electron chi connectivity index (χ3n) is 2.77. The Kier molecular flexibility index (Phi) is 8.23. The van der Waals surface area contributed by atoms with E-state index >= 15 is 0 Å². The molecule has 0 aliphatic carbocycles. The largest absolute Gasteiger partial charge is 0.465 e. The third kappa shape index (κ3) is 5.48. The van der Waals surface area contributed by atoms with Crippen LogP contribution in [0.3, 0.4) is 0 Å². The van der Waals surface area contributed by atoms with Gasteiger partial charge in [-0.2, -0.15) is 0 Å². The van der Waals surface area contributed by atoms with E-state index in [0.29, 0.717) is 12.1 Å². The van der Waals surface area contributed by atoms with Crippen LogP contribution in [0.15, 0.2) is 0 Å². The number of carboxylic acid groups (broad SMARTS) is 1. The van der Waals surface area contributed by atoms with Crippen molar-refractivity contribution in [1.29, 1.82) is 0 Å². The van der Waals surface area contributed by atoms with Crippen molar-refractivity contribution in [3.8, 4) is 0 Å². The SMILES string of the molecule is CCC(CCCN(C)C(=O)O)[SiH](OC)OC. The molecule has 0 aliphatic heterocycles. The molecule has 5 nitrogen and oxygen atoms in total. The normalized spacial score (nSPS) is 12.8. The second-order valence-corrected chi connectivity index (χ2v) is 6.48. The zero-order chi connectivity index (χ0) is 12.6. The van der Waals surface area contributed by atoms with E-state index in [1.54, 1.807) is 21.3 Å². The van der Waals surface area contributed by atoms with Crippen LogP contribution < -0.4 is 0 Å². The van der Waals surface area contributed by atoms with E-state index in [1.165, 1.54) is 4.90 Å². The van der Waals surface area contributed by atoms with Crippen LogP contribution >= 0.6 is 0 Å². The highest BCUT2D eigenvalue weighted by Crippen LogP contribution is 2.22. The van der Waals surface area contributed by atoms with Gasteiger partial charge in [-0.15, -0.1) is 0 Å². The molecule has 0 fully saturated rings. The molecule has 0 aromatic rings. The van der Waals surface area contributed by atoms with Gasteiger partial charge in [-0.25, -0.2) is 4.79 Å². The van der Waals surface area contributed by atoms with Crippen molar-refractivity contribution in [3.05, 3.63) is 0 Å². The standard InChI is InChI=1S/C10H23NO4Si/c1-5-9(16(14-3)15-4)7-6-8-11(2)10(12)13/h9,16H,5-8H2,1-4H3,(H,12,13). The molecule has 0 aliphatic rings. The van der Waals surface area contributed by atoms with Gasteiger partial charge >= 0.3 is 15.4 Å². The van der Waals surface area contributed by atoms with Crippen molar-refractivity contribution in [2.75, 3.05) is 27.8 Å². The molecule has 16 heavy (non-hydrogen) atoms. The average molecular weight is 249 g/mol. The molecule has 1 N–H and O–H groups in total. The highest BCUT2D eigenvalue weighted by molar-refractivity contribution is 6.46. The van der Waals surface area contributed by atoms with Crippen molar-refractivity contribution in [2.24, 2.45) is 0 Å². The van der Waals surface area contributed by atoms with Crippen LogP contribution in [0.2, 0.25) is 5.54 Å². The predicted molar refractivity (Wildman–Crippen MR) is 65.1 cm³/mol. The van der Waals surface area contributed by atoms with Crippen molar-refractivity contribution in [2.45, 2.75) is 31.7 Å². The van der Waals surface area contributed by atoms with Crippen molar-refractivity contribution < 1.29 is 18.8 Å². The van der Waals surface area contributed by atoms with E-state index in [-0.39, 0.29) is 0 Å². The zero-order valence-electron chi connectivity index (χ0n) is 10.6. The molecule has 0 bridgehead atoms. The van der Waals surface area contributed by atoms with E-state index in [4.69, 9.17) is 14.0 Å². The second-order valence-electron chi connectivity index (χ2n) is 3.85. The van der Waals surface area contributed by atoms with E-state index in [1.807, 2.05) is 0 Å². The number of carbonyl (C=O) groups is 1. The van der Waals surface area contributed by atoms with Gasteiger partial charge in [0.25, 0.3) is 0 Å². The fraction of sp³-hybridized carbons (Fsp3) is 0.900. The minimum Gasteiger partial charge on any atom is -0.465 e. The molecule has 0 heterocycles. The van der Waals surface area contributed by atoms with Crippen molar-refractivity contribution in [1.82, 2.24) is 4.90 Å². The molecule has 96 valence electrons. The Morgan fingerprint density at radius 3 is 2.38 bits per heavy atom. The van der Waals surface area contributed by atoms with Gasteiger partial charge in [0, 0.05) is 27.8 Å². The van der Waals surface area contributed by atoms with E-state index in [0.717, 1.165) is 19.3 Å². The van der Waals surface area contributed by atoms with Crippen LogP contribution in [0.25, 0.3) is 0 Å². The maximum absolute atomic E-state index is 10.6. The number of amides is 1. The molecule has 1 amide bonds. The topological polar surface area (TPSA) is 59.0 Å². The summed E-state index contributed by atoms with van der Waals surface area (Å²) in [7, 11) is 3.40. The molecular formula is C10H23NO4Si. The Hall–Kier alpha value is -0.593. The molecular weight excluding hydrogens is 226 g/mol. The van der Waals surface area contributed by atoms with Gasteiger partial charge in [-0.3, -0.25) is 0 Å². The lowest BCUT2D eigenvalue weighted by molar-refractivity contribution is 0.155. The van der Waals surface area contributed by atoms with Crippen molar-refractivity contribution >= 4 is 15.4 Å². The lowest BCUT2D eigenvalue weighted by Gasteiger charge is -2.22. The molecule has 0 aromatic heterocycles. The van der Waals surface area contributed by atoms with Gasteiger partial charge < -0.3 is 18.9 Å². The van der Waals surface area contributed by atoms with Crippen LogP contribution in [0.4, 0.5) is 4.79 Å². The Balaban J connectivity index is 3.91. The smallest absolute Gasteiger partial charge is 0.407 e. The maximum atomic E-state index is 10.6. The third-order valence-corrected chi connectivity index (χ3v) is 5.27. The number of rotatable bonds is 8. The Bertz CT molecular complexity index is 199. The highest BCUT2D eigenvalue weighted by Gasteiger charge is 2.22. The molecule has 6 heteroatoms. The first kappa shape index (κ1) is 15.4. The molecule has 0 saturated carbocycles. The van der Waals surface area contributed by atoms with Crippen LogP contribution in [-0.2, 0) is 8.85 Å². The molecule has 0 radical (unpaired) electrons. The number of nitrogens with zero attached hydrogens (tertiary/aromatic N) is 1. The summed E-state index contributed by atoms with van der Waals surface area (Å²) >= 11 is 0. The van der Waals surface area contributed by atoms with Crippen LogP contribution in [0, 0.1) is 0 Å². The molecule has 0 rings (SSSR count). The van der Waals surface area contributed by atoms with Gasteiger partial charge in [-0.1, -0.05) is 13.3 Å². The summed E-state index contributed by atoms with van der Waals surface area (Å²) in [5.41, 5.74) is 0.456. The fourth-order valence-electron chi connectivity index (χ4n) is 1.70. The van der Waals surface area contributed by atoms with Gasteiger partial charge in [0.2, 0.25) is 0 Å². The van der Waals surface area contributed by atoms with Crippen LogP contribution in [0.5, 0.6) is 0 Å². The molecule has 1 atom stereocenters. The lowest BCUT2D eigenvalue weighted by Crippen LogP contribution is -2.29. The van der Waals surface area contributed by atoms with Crippen LogP contribution in [-0.4, -0.2) is 53.2 Å². The van der Waals surface area contributed by atoms with Crippen molar-refractivity contribution in [3.63, 3.8) is 0 Å². The minimum atomic E-state index is -1.56. The van der Waals surface area contributed by atoms with Crippen LogP contribution in [0.1, 0.15) is 26.2 Å². The summed E-state index contributed by atoms with van der Waals surface area (Å²) < 4.78 is 10.7. The molecule has 1 unspecified atom stereocenters. The minimum absolute atomic E-state index is 0.456. The zero-order valence-corrected chi connectivity index (χ0v) is 11.8. The van der Waals surface area contributed by atoms with Gasteiger partial charge in [0.05, 0.1) is 0 Å². The average Bonchev–Trinajstić information content (AvgIpc) is 2.27. The fourth-order valence-corrected chi connectivity index (χ4v) is 3.56. The number of hydrogen-bond acceptors (Lipinski definition) is 3. The second kappa shape index (κ2) is 8.55. The van der Waals surface area contributed by atoms with E-state index in [9.17, 15) is 4.79 Å². The molecule has 0 saturated heterocycles. The van der Waals surface area contributed by atoms with E-state index < -0.39 is 15.4 Å². The number of hydrogen-bond donors (Lipinski definition) is 1. The van der Waals surface area contributed by atoms with Gasteiger partial charge in [-0.05, 0) is 18.4 Å². The Morgan fingerprint density at radius 1 is 1.44 bits per heavy atom. The Morgan fingerprint density at radius 2 is 2.00 bits per heavy atom. The summed E-state index contributed by atoms with van der Waals surface area (Å²) in [5, 5.41) is 8.69. The summed E-state index contributed by atoms with van der Waals surface area (Å²) in [4.78, 5) is 11.9. The quantitative estimate of drug-likeness (QED) is 0.665. The summed E-state index contributed by atoms with van der Waals surface area (Å²) in [5.74, 6) is 0. The maximum Gasteiger partial charge on any atom is 0.407 e. The highest BCUT2D eigenvalue weighted by atomic mass is 28.3.